The molecule has 1 rings (SSSR count). The lowest BCUT2D eigenvalue weighted by atomic mass is 10.2. The van der Waals surface area contributed by atoms with Gasteiger partial charge in [0, 0.05) is 14.1 Å². The van der Waals surface area contributed by atoms with Crippen LogP contribution in [-0.4, -0.2) is 31.7 Å². The van der Waals surface area contributed by atoms with Crippen LogP contribution in [0.5, 0.6) is 0 Å². The number of hydrogen-bond donors (Lipinski definition) is 0. The van der Waals surface area contributed by atoms with Gasteiger partial charge in [0.15, 0.2) is 0 Å². The van der Waals surface area contributed by atoms with Crippen LogP contribution in [0.15, 0.2) is 6.07 Å². The average molecular weight is 254 g/mol. The summed E-state index contributed by atoms with van der Waals surface area (Å²) in [7, 11) is 3.46. The summed E-state index contributed by atoms with van der Waals surface area (Å²) in [6.45, 7) is 1.97. The van der Waals surface area contributed by atoms with Crippen LogP contribution < -0.4 is 4.90 Å². The van der Waals surface area contributed by atoms with E-state index in [9.17, 15) is 4.79 Å². The van der Waals surface area contributed by atoms with Gasteiger partial charge in [0.2, 0.25) is 0 Å². The van der Waals surface area contributed by atoms with Gasteiger partial charge in [-0.05, 0) is 13.0 Å². The molecule has 0 aliphatic carbocycles. The molecule has 0 fully saturated rings. The highest BCUT2D eigenvalue weighted by Gasteiger charge is 2.18. The molecule has 0 bridgehead atoms. The van der Waals surface area contributed by atoms with Gasteiger partial charge < -0.3 is 9.64 Å². The molecule has 1 heterocycles. The molecule has 0 spiro atoms. The fraction of sp³-hybridized carbons (Fsp3) is 0.364. The number of hydrogen-bond acceptors (Lipinski definition) is 5. The highest BCUT2D eigenvalue weighted by molar-refractivity contribution is 6.30. The quantitative estimate of drug-likeness (QED) is 0.608. The van der Waals surface area contributed by atoms with Crippen molar-refractivity contribution in [1.29, 1.82) is 5.26 Å². The molecule has 0 unspecified atom stereocenters. The third-order valence-corrected chi connectivity index (χ3v) is 2.28. The Kier molecular flexibility index (Phi) is 4.30. The standard InChI is InChI=1S/C11H12ClN3O2/c1-4-17-11(16)8-5-7(6-13)9(12)14-10(8)15(2)3/h5H,4H2,1-3H3. The number of pyridine rings is 1. The SMILES string of the molecule is CCOC(=O)c1cc(C#N)c(Cl)nc1N(C)C. The number of rotatable bonds is 3. The van der Waals surface area contributed by atoms with E-state index in [2.05, 4.69) is 4.98 Å². The van der Waals surface area contributed by atoms with Gasteiger partial charge in [-0.25, -0.2) is 9.78 Å². The molecule has 1 aromatic rings. The second-order valence-electron chi connectivity index (χ2n) is 3.42. The molecule has 0 N–H and O–H groups in total. The maximum absolute atomic E-state index is 11.7. The predicted molar refractivity (Wildman–Crippen MR) is 64.2 cm³/mol. The largest absolute Gasteiger partial charge is 0.462 e. The highest BCUT2D eigenvalue weighted by atomic mass is 35.5. The number of nitriles is 1. The Labute approximate surface area is 105 Å². The van der Waals surface area contributed by atoms with Crippen molar-refractivity contribution in [2.45, 2.75) is 6.92 Å². The van der Waals surface area contributed by atoms with Gasteiger partial charge in [-0.15, -0.1) is 0 Å². The normalized spacial score (nSPS) is 9.59. The first-order valence-corrected chi connectivity index (χ1v) is 5.34. The molecule has 0 saturated carbocycles. The lowest BCUT2D eigenvalue weighted by Crippen LogP contribution is -2.17. The van der Waals surface area contributed by atoms with Crippen LogP contribution in [0, 0.1) is 11.3 Å². The monoisotopic (exact) mass is 253 g/mol. The van der Waals surface area contributed by atoms with Gasteiger partial charge in [-0.3, -0.25) is 0 Å². The summed E-state index contributed by atoms with van der Waals surface area (Å²) >= 11 is 5.81. The van der Waals surface area contributed by atoms with Crippen LogP contribution >= 0.6 is 11.6 Å². The zero-order valence-corrected chi connectivity index (χ0v) is 10.6. The van der Waals surface area contributed by atoms with Gasteiger partial charge in [0.05, 0.1) is 12.2 Å². The van der Waals surface area contributed by atoms with Gasteiger partial charge in [-0.1, -0.05) is 11.6 Å². The minimum atomic E-state index is -0.517. The van der Waals surface area contributed by atoms with Crippen molar-refractivity contribution in [2.75, 3.05) is 25.6 Å². The number of halogens is 1. The molecular weight excluding hydrogens is 242 g/mol. The Morgan fingerprint density at radius 2 is 2.29 bits per heavy atom. The topological polar surface area (TPSA) is 66.2 Å². The molecule has 0 aromatic carbocycles. The van der Waals surface area contributed by atoms with E-state index < -0.39 is 5.97 Å². The Hall–Kier alpha value is -1.80. The zero-order chi connectivity index (χ0) is 13.0. The summed E-state index contributed by atoms with van der Waals surface area (Å²) in [5.41, 5.74) is 0.387. The molecule has 90 valence electrons. The molecule has 0 atom stereocenters. The average Bonchev–Trinajstić information content (AvgIpc) is 2.28. The Morgan fingerprint density at radius 1 is 1.65 bits per heavy atom. The van der Waals surface area contributed by atoms with Crippen LogP contribution in [0.3, 0.4) is 0 Å². The Bertz CT molecular complexity index is 480. The number of nitrogens with zero attached hydrogens (tertiary/aromatic N) is 3. The number of aromatic nitrogens is 1. The summed E-state index contributed by atoms with van der Waals surface area (Å²) in [4.78, 5) is 17.4. The van der Waals surface area contributed by atoms with E-state index in [0.717, 1.165) is 0 Å². The molecule has 0 amide bonds. The summed E-state index contributed by atoms with van der Waals surface area (Å²) in [5, 5.41) is 8.92. The number of carbonyl (C=O) groups excluding carboxylic acids is 1. The van der Waals surface area contributed by atoms with Gasteiger partial charge in [0.1, 0.15) is 22.6 Å². The van der Waals surface area contributed by atoms with Crippen LogP contribution in [0.25, 0.3) is 0 Å². The zero-order valence-electron chi connectivity index (χ0n) is 9.82. The number of esters is 1. The van der Waals surface area contributed by atoms with Crippen molar-refractivity contribution < 1.29 is 9.53 Å². The maximum Gasteiger partial charge on any atom is 0.341 e. The van der Waals surface area contributed by atoms with Gasteiger partial charge in [-0.2, -0.15) is 5.26 Å². The van der Waals surface area contributed by atoms with E-state index in [1.54, 1.807) is 25.9 Å². The van der Waals surface area contributed by atoms with Crippen molar-refractivity contribution >= 4 is 23.4 Å². The highest BCUT2D eigenvalue weighted by Crippen LogP contribution is 2.23. The van der Waals surface area contributed by atoms with E-state index in [1.165, 1.54) is 6.07 Å². The van der Waals surface area contributed by atoms with E-state index in [-0.39, 0.29) is 22.9 Å². The number of ether oxygens (including phenoxy) is 1. The second-order valence-corrected chi connectivity index (χ2v) is 3.78. The first kappa shape index (κ1) is 13.3. The molecule has 5 nitrogen and oxygen atoms in total. The summed E-state index contributed by atoms with van der Waals surface area (Å²) in [6, 6.07) is 3.27. The lowest BCUT2D eigenvalue weighted by Gasteiger charge is -2.15. The maximum atomic E-state index is 11.7. The van der Waals surface area contributed by atoms with E-state index in [0.29, 0.717) is 5.82 Å². The molecular formula is C11H12ClN3O2. The molecule has 6 heteroatoms. The summed E-state index contributed by atoms with van der Waals surface area (Å²) in [5.74, 6) is -0.135. The van der Waals surface area contributed by atoms with Gasteiger partial charge in [0.25, 0.3) is 0 Å². The third-order valence-electron chi connectivity index (χ3n) is 2.00. The van der Waals surface area contributed by atoms with Crippen molar-refractivity contribution in [1.82, 2.24) is 4.98 Å². The molecule has 0 aliphatic rings. The Morgan fingerprint density at radius 3 is 2.76 bits per heavy atom. The molecule has 1 aromatic heterocycles. The van der Waals surface area contributed by atoms with E-state index in [4.69, 9.17) is 21.6 Å². The van der Waals surface area contributed by atoms with Crippen molar-refractivity contribution in [3.8, 4) is 6.07 Å². The molecule has 0 saturated heterocycles. The fourth-order valence-corrected chi connectivity index (χ4v) is 1.44. The molecule has 17 heavy (non-hydrogen) atoms. The van der Waals surface area contributed by atoms with Gasteiger partial charge >= 0.3 is 5.97 Å². The van der Waals surface area contributed by atoms with E-state index >= 15 is 0 Å². The first-order chi connectivity index (χ1) is 8.01. The van der Waals surface area contributed by atoms with Crippen LogP contribution in [0.4, 0.5) is 5.82 Å². The fourth-order valence-electron chi connectivity index (χ4n) is 1.26. The second kappa shape index (κ2) is 5.51. The lowest BCUT2D eigenvalue weighted by molar-refractivity contribution is 0.0526. The molecule has 0 aliphatic heterocycles. The summed E-state index contributed by atoms with van der Waals surface area (Å²) in [6.07, 6.45) is 0. The Balaban J connectivity index is 3.35. The van der Waals surface area contributed by atoms with Crippen molar-refractivity contribution in [3.05, 3.63) is 22.3 Å². The minimum Gasteiger partial charge on any atom is -0.462 e. The smallest absolute Gasteiger partial charge is 0.341 e. The van der Waals surface area contributed by atoms with Crippen molar-refractivity contribution in [3.63, 3.8) is 0 Å². The van der Waals surface area contributed by atoms with Crippen LogP contribution in [0.2, 0.25) is 5.15 Å². The number of carbonyl (C=O) groups is 1. The van der Waals surface area contributed by atoms with Crippen molar-refractivity contribution in [2.24, 2.45) is 0 Å². The van der Waals surface area contributed by atoms with Crippen LogP contribution in [0.1, 0.15) is 22.8 Å². The van der Waals surface area contributed by atoms with Crippen LogP contribution in [-0.2, 0) is 4.74 Å². The third kappa shape index (κ3) is 2.86. The predicted octanol–water partition coefficient (Wildman–Crippen LogP) is 1.85. The molecule has 0 radical (unpaired) electrons. The first-order valence-electron chi connectivity index (χ1n) is 4.96. The summed E-state index contributed by atoms with van der Waals surface area (Å²) < 4.78 is 4.90. The minimum absolute atomic E-state index is 0.0734. The number of anilines is 1. The van der Waals surface area contributed by atoms with E-state index in [1.807, 2.05) is 6.07 Å².